The zero-order valence-corrected chi connectivity index (χ0v) is 15.9. The lowest BCUT2D eigenvalue weighted by Crippen LogP contribution is -2.58. The minimum atomic E-state index is -0.940. The van der Waals surface area contributed by atoms with Crippen LogP contribution in [-0.4, -0.2) is 25.1 Å². The van der Waals surface area contributed by atoms with Crippen molar-refractivity contribution in [2.24, 2.45) is 28.1 Å². The molecule has 4 heteroatoms. The monoisotopic (exact) mass is 346 g/mol. The molecule has 0 radical (unpaired) electrons. The zero-order chi connectivity index (χ0) is 18.5. The summed E-state index contributed by atoms with van der Waals surface area (Å²) in [6.07, 6.45) is 8.33. The van der Waals surface area contributed by atoms with Crippen molar-refractivity contribution in [2.45, 2.75) is 65.7 Å². The Morgan fingerprint density at radius 2 is 1.92 bits per heavy atom. The Kier molecular flexibility index (Phi) is 4.45. The van der Waals surface area contributed by atoms with E-state index in [0.29, 0.717) is 24.3 Å². The third-order valence-electron chi connectivity index (χ3n) is 7.67. The zero-order valence-electron chi connectivity index (χ0n) is 15.9. The Morgan fingerprint density at radius 1 is 1.20 bits per heavy atom. The number of carbonyl (C=O) groups is 3. The number of hydrogen-bond donors (Lipinski definition) is 0. The number of esters is 1. The molecule has 2 saturated carbocycles. The van der Waals surface area contributed by atoms with Crippen LogP contribution in [0.5, 0.6) is 0 Å². The third kappa shape index (κ3) is 2.60. The van der Waals surface area contributed by atoms with E-state index in [1.807, 2.05) is 6.08 Å². The first kappa shape index (κ1) is 18.3. The molecule has 0 aromatic rings. The molecule has 4 atom stereocenters. The second-order valence-corrected chi connectivity index (χ2v) is 9.21. The summed E-state index contributed by atoms with van der Waals surface area (Å²) in [6, 6.07) is 0. The number of rotatable bonds is 2. The van der Waals surface area contributed by atoms with E-state index in [0.717, 1.165) is 25.5 Å². The highest BCUT2D eigenvalue weighted by Crippen LogP contribution is 2.65. The minimum Gasteiger partial charge on any atom is -0.466 e. The highest BCUT2D eigenvalue weighted by atomic mass is 16.5. The van der Waals surface area contributed by atoms with Gasteiger partial charge in [-0.05, 0) is 54.8 Å². The van der Waals surface area contributed by atoms with E-state index in [-0.39, 0.29) is 29.0 Å². The second kappa shape index (κ2) is 6.07. The predicted octanol–water partition coefficient (Wildman–Crippen LogP) is 3.88. The van der Waals surface area contributed by atoms with Crippen LogP contribution in [-0.2, 0) is 19.1 Å². The summed E-state index contributed by atoms with van der Waals surface area (Å²) in [4.78, 5) is 37.4. The van der Waals surface area contributed by atoms with E-state index in [2.05, 4.69) is 20.8 Å². The lowest BCUT2D eigenvalue weighted by Gasteiger charge is -2.61. The van der Waals surface area contributed by atoms with E-state index in [4.69, 9.17) is 4.74 Å². The van der Waals surface area contributed by atoms with E-state index in [1.54, 1.807) is 0 Å². The first-order valence-corrected chi connectivity index (χ1v) is 9.48. The number of carbonyl (C=O) groups excluding carboxylic acids is 3. The lowest BCUT2D eigenvalue weighted by atomic mass is 9.42. The molecule has 3 rings (SSSR count). The summed E-state index contributed by atoms with van der Waals surface area (Å²) in [5.74, 6) is -0.0541. The normalized spacial score (nSPS) is 40.2. The molecule has 2 fully saturated rings. The van der Waals surface area contributed by atoms with Crippen molar-refractivity contribution in [2.75, 3.05) is 7.11 Å². The molecule has 3 aliphatic rings. The average molecular weight is 346 g/mol. The first-order chi connectivity index (χ1) is 11.7. The predicted molar refractivity (Wildman–Crippen MR) is 94.8 cm³/mol. The van der Waals surface area contributed by atoms with E-state index in [9.17, 15) is 14.4 Å². The number of aldehydes is 1. The molecule has 0 spiro atoms. The maximum absolute atomic E-state index is 13.1. The molecule has 0 aromatic heterocycles. The van der Waals surface area contributed by atoms with Gasteiger partial charge in [0.25, 0.3) is 0 Å². The summed E-state index contributed by atoms with van der Waals surface area (Å²) in [5.41, 5.74) is -0.339. The van der Waals surface area contributed by atoms with Crippen LogP contribution in [0.2, 0.25) is 0 Å². The third-order valence-corrected chi connectivity index (χ3v) is 7.67. The quantitative estimate of drug-likeness (QED) is 0.432. The van der Waals surface area contributed by atoms with Crippen LogP contribution < -0.4 is 0 Å². The van der Waals surface area contributed by atoms with Gasteiger partial charge in [0.2, 0.25) is 0 Å². The molecule has 138 valence electrons. The van der Waals surface area contributed by atoms with Gasteiger partial charge >= 0.3 is 5.97 Å². The average Bonchev–Trinajstić information content (AvgIpc) is 2.71. The van der Waals surface area contributed by atoms with Gasteiger partial charge in [-0.25, -0.2) is 4.79 Å². The SMILES string of the molecule is COC(=O)C1=CCC2C(C=O)(CCC3C(C)(C)CCCC32C)C(=O)C1. The Morgan fingerprint density at radius 3 is 2.56 bits per heavy atom. The number of hydrogen-bond acceptors (Lipinski definition) is 4. The lowest BCUT2D eigenvalue weighted by molar-refractivity contribution is -0.162. The van der Waals surface area contributed by atoms with Gasteiger partial charge in [-0.15, -0.1) is 0 Å². The standard InChI is InChI=1S/C21H30O4/c1-19(2)9-5-10-20(3)15(19)8-11-21(13-22)16(20)7-6-14(12-17(21)23)18(24)25-4/h6,13,15-16H,5,7-12H2,1-4H3. The van der Waals surface area contributed by atoms with Crippen molar-refractivity contribution in [1.82, 2.24) is 0 Å². The van der Waals surface area contributed by atoms with Gasteiger partial charge in [-0.3, -0.25) is 4.79 Å². The van der Waals surface area contributed by atoms with Gasteiger partial charge in [0.15, 0.2) is 5.78 Å². The Balaban J connectivity index is 2.07. The Labute approximate surface area is 150 Å². The van der Waals surface area contributed by atoms with E-state index in [1.165, 1.54) is 13.5 Å². The minimum absolute atomic E-state index is 0.0199. The van der Waals surface area contributed by atoms with Crippen molar-refractivity contribution in [3.63, 3.8) is 0 Å². The molecular formula is C21H30O4. The molecule has 0 saturated heterocycles. The maximum atomic E-state index is 13.1. The Bertz CT molecular complexity index is 632. The van der Waals surface area contributed by atoms with Crippen LogP contribution in [0.25, 0.3) is 0 Å². The molecule has 0 N–H and O–H groups in total. The van der Waals surface area contributed by atoms with Crippen LogP contribution in [0, 0.1) is 28.1 Å². The van der Waals surface area contributed by atoms with Gasteiger partial charge in [0.1, 0.15) is 6.29 Å². The van der Waals surface area contributed by atoms with E-state index < -0.39 is 11.4 Å². The molecule has 0 amide bonds. The van der Waals surface area contributed by atoms with Gasteiger partial charge in [-0.1, -0.05) is 33.3 Å². The smallest absolute Gasteiger partial charge is 0.333 e. The van der Waals surface area contributed by atoms with Crippen LogP contribution in [0.3, 0.4) is 0 Å². The van der Waals surface area contributed by atoms with Crippen LogP contribution in [0.4, 0.5) is 0 Å². The molecular weight excluding hydrogens is 316 g/mol. The molecule has 0 aromatic carbocycles. The van der Waals surface area contributed by atoms with Crippen molar-refractivity contribution in [3.05, 3.63) is 11.6 Å². The number of allylic oxidation sites excluding steroid dienone is 1. The molecule has 4 unspecified atom stereocenters. The first-order valence-electron chi connectivity index (χ1n) is 9.48. The van der Waals surface area contributed by atoms with Crippen molar-refractivity contribution < 1.29 is 19.1 Å². The van der Waals surface area contributed by atoms with Crippen LogP contribution >= 0.6 is 0 Å². The summed E-state index contributed by atoms with van der Waals surface area (Å²) in [5, 5.41) is 0. The summed E-state index contributed by atoms with van der Waals surface area (Å²) in [6.45, 7) is 6.94. The number of ketones is 1. The van der Waals surface area contributed by atoms with Crippen LogP contribution in [0.1, 0.15) is 65.7 Å². The van der Waals surface area contributed by atoms with Gasteiger partial charge in [-0.2, -0.15) is 0 Å². The maximum Gasteiger partial charge on any atom is 0.333 e. The van der Waals surface area contributed by atoms with Gasteiger partial charge in [0.05, 0.1) is 12.5 Å². The highest BCUT2D eigenvalue weighted by Gasteiger charge is 2.62. The number of fused-ring (bicyclic) bond motifs is 3. The molecule has 4 nitrogen and oxygen atoms in total. The van der Waals surface area contributed by atoms with Gasteiger partial charge in [0, 0.05) is 12.0 Å². The molecule has 0 bridgehead atoms. The van der Waals surface area contributed by atoms with Crippen molar-refractivity contribution in [1.29, 1.82) is 0 Å². The van der Waals surface area contributed by atoms with Gasteiger partial charge < -0.3 is 9.53 Å². The van der Waals surface area contributed by atoms with E-state index >= 15 is 0 Å². The van der Waals surface area contributed by atoms with Crippen molar-refractivity contribution >= 4 is 18.0 Å². The summed E-state index contributed by atoms with van der Waals surface area (Å²) in [7, 11) is 1.34. The fourth-order valence-electron chi connectivity index (χ4n) is 6.43. The molecule has 0 heterocycles. The Hall–Kier alpha value is -1.45. The fraction of sp³-hybridized carbons (Fsp3) is 0.762. The van der Waals surface area contributed by atoms with Crippen molar-refractivity contribution in [3.8, 4) is 0 Å². The molecule has 0 aliphatic heterocycles. The number of ether oxygens (including phenoxy) is 1. The second-order valence-electron chi connectivity index (χ2n) is 9.21. The topological polar surface area (TPSA) is 60.4 Å². The number of Topliss-reactive ketones (excluding diaryl/α,β-unsaturated/α-hetero) is 1. The highest BCUT2D eigenvalue weighted by molar-refractivity contribution is 6.05. The molecule has 25 heavy (non-hydrogen) atoms. The summed E-state index contributed by atoms with van der Waals surface area (Å²) >= 11 is 0. The fourth-order valence-corrected chi connectivity index (χ4v) is 6.43. The number of methoxy groups -OCH3 is 1. The molecule has 3 aliphatic carbocycles. The largest absolute Gasteiger partial charge is 0.466 e. The summed E-state index contributed by atoms with van der Waals surface area (Å²) < 4.78 is 4.83. The van der Waals surface area contributed by atoms with Crippen LogP contribution in [0.15, 0.2) is 11.6 Å².